The molecule has 2 rings (SSSR count). The molecule has 0 amide bonds. The first-order chi connectivity index (χ1) is 13.0. The van der Waals surface area contributed by atoms with Crippen LogP contribution < -0.4 is 9.47 Å². The van der Waals surface area contributed by atoms with E-state index in [1.165, 1.54) is 6.08 Å². The van der Waals surface area contributed by atoms with Gasteiger partial charge in [-0.3, -0.25) is 4.79 Å². The second-order valence-corrected chi connectivity index (χ2v) is 6.07. The number of ether oxygens (including phenoxy) is 3. The Morgan fingerprint density at radius 2 is 1.81 bits per heavy atom. The molecule has 0 atom stereocenters. The fourth-order valence-corrected chi connectivity index (χ4v) is 2.31. The van der Waals surface area contributed by atoms with Gasteiger partial charge in [0.25, 0.3) is 0 Å². The Morgan fingerprint density at radius 3 is 2.48 bits per heavy atom. The molecule has 0 saturated heterocycles. The molecule has 0 aromatic heterocycles. The van der Waals surface area contributed by atoms with Crippen molar-refractivity contribution >= 4 is 29.4 Å². The monoisotopic (exact) mass is 388 g/mol. The van der Waals surface area contributed by atoms with Gasteiger partial charge < -0.3 is 14.2 Å². The second kappa shape index (κ2) is 10.4. The summed E-state index contributed by atoms with van der Waals surface area (Å²) in [6.07, 6.45) is 3.74. The van der Waals surface area contributed by atoms with Gasteiger partial charge in [0.15, 0.2) is 23.9 Å². The number of ketones is 1. The van der Waals surface area contributed by atoms with E-state index < -0.39 is 5.97 Å². The van der Waals surface area contributed by atoms with Gasteiger partial charge in [0.2, 0.25) is 0 Å². The maximum Gasteiger partial charge on any atom is 0.331 e. The van der Waals surface area contributed by atoms with E-state index in [1.807, 2.05) is 6.92 Å². The first-order valence-corrected chi connectivity index (χ1v) is 8.85. The number of carbonyl (C=O) groups is 2. The Hall–Kier alpha value is -2.79. The Balaban J connectivity index is 1.92. The van der Waals surface area contributed by atoms with Crippen molar-refractivity contribution in [3.05, 3.63) is 64.7 Å². The SMILES string of the molecule is CCCOc1ccc(/C=C/C(=O)OCC(=O)c2ccc(Cl)cc2)cc1OC. The van der Waals surface area contributed by atoms with Crippen LogP contribution >= 0.6 is 11.6 Å². The van der Waals surface area contributed by atoms with E-state index in [1.54, 1.807) is 55.7 Å². The fraction of sp³-hybridized carbons (Fsp3) is 0.238. The van der Waals surface area contributed by atoms with Crippen LogP contribution in [0.3, 0.4) is 0 Å². The summed E-state index contributed by atoms with van der Waals surface area (Å²) in [5, 5.41) is 0.535. The zero-order valence-corrected chi connectivity index (χ0v) is 16.0. The average molecular weight is 389 g/mol. The van der Waals surface area contributed by atoms with Crippen LogP contribution in [0.5, 0.6) is 11.5 Å². The van der Waals surface area contributed by atoms with Crippen LogP contribution in [-0.4, -0.2) is 32.1 Å². The summed E-state index contributed by atoms with van der Waals surface area (Å²) >= 11 is 5.78. The van der Waals surface area contributed by atoms with Gasteiger partial charge in [-0.2, -0.15) is 0 Å². The van der Waals surface area contributed by atoms with Crippen molar-refractivity contribution in [3.63, 3.8) is 0 Å². The lowest BCUT2D eigenvalue weighted by molar-refractivity contribution is -0.136. The van der Waals surface area contributed by atoms with Crippen molar-refractivity contribution in [2.24, 2.45) is 0 Å². The van der Waals surface area contributed by atoms with Gasteiger partial charge in [-0.05, 0) is 54.5 Å². The first kappa shape index (κ1) is 20.5. The molecular formula is C21H21ClO5. The highest BCUT2D eigenvalue weighted by atomic mass is 35.5. The molecule has 142 valence electrons. The number of benzene rings is 2. The van der Waals surface area contributed by atoms with E-state index >= 15 is 0 Å². The highest BCUT2D eigenvalue weighted by Gasteiger charge is 2.09. The van der Waals surface area contributed by atoms with Crippen molar-refractivity contribution in [2.45, 2.75) is 13.3 Å². The number of carbonyl (C=O) groups excluding carboxylic acids is 2. The van der Waals surface area contributed by atoms with Gasteiger partial charge in [-0.15, -0.1) is 0 Å². The van der Waals surface area contributed by atoms with Gasteiger partial charge in [-0.1, -0.05) is 24.6 Å². The van der Waals surface area contributed by atoms with Crippen molar-refractivity contribution in [3.8, 4) is 11.5 Å². The van der Waals surface area contributed by atoms with Gasteiger partial charge in [0.05, 0.1) is 13.7 Å². The third kappa shape index (κ3) is 6.46. The molecule has 27 heavy (non-hydrogen) atoms. The number of hydrogen-bond donors (Lipinski definition) is 0. The third-order valence-electron chi connectivity index (χ3n) is 3.57. The van der Waals surface area contributed by atoms with E-state index in [0.29, 0.717) is 28.7 Å². The zero-order chi connectivity index (χ0) is 19.6. The van der Waals surface area contributed by atoms with Gasteiger partial charge in [0, 0.05) is 16.7 Å². The molecule has 0 spiro atoms. The fourth-order valence-electron chi connectivity index (χ4n) is 2.19. The Kier molecular flexibility index (Phi) is 7.89. The molecule has 0 fully saturated rings. The number of rotatable bonds is 9. The van der Waals surface area contributed by atoms with Crippen molar-refractivity contribution in [2.75, 3.05) is 20.3 Å². The summed E-state index contributed by atoms with van der Waals surface area (Å²) in [6.45, 7) is 2.28. The normalized spacial score (nSPS) is 10.6. The molecule has 0 aliphatic carbocycles. The van der Waals surface area contributed by atoms with Crippen LogP contribution in [0.25, 0.3) is 6.08 Å². The predicted molar refractivity (Wildman–Crippen MR) is 105 cm³/mol. The molecular weight excluding hydrogens is 368 g/mol. The minimum Gasteiger partial charge on any atom is -0.493 e. The van der Waals surface area contributed by atoms with E-state index in [0.717, 1.165) is 12.0 Å². The van der Waals surface area contributed by atoms with E-state index in [-0.39, 0.29) is 12.4 Å². The Labute approximate surface area is 163 Å². The summed E-state index contributed by atoms with van der Waals surface area (Å²) in [4.78, 5) is 23.8. The molecule has 2 aromatic rings. The van der Waals surface area contributed by atoms with Crippen LogP contribution in [0.4, 0.5) is 0 Å². The highest BCUT2D eigenvalue weighted by molar-refractivity contribution is 6.30. The molecule has 0 aliphatic heterocycles. The molecule has 0 radical (unpaired) electrons. The minimum absolute atomic E-state index is 0.299. The average Bonchev–Trinajstić information content (AvgIpc) is 2.69. The molecule has 0 heterocycles. The van der Waals surface area contributed by atoms with Crippen LogP contribution in [0.15, 0.2) is 48.5 Å². The lowest BCUT2D eigenvalue weighted by Gasteiger charge is -2.10. The molecule has 0 bridgehead atoms. The van der Waals surface area contributed by atoms with Crippen molar-refractivity contribution in [1.82, 2.24) is 0 Å². The van der Waals surface area contributed by atoms with Crippen LogP contribution in [-0.2, 0) is 9.53 Å². The van der Waals surface area contributed by atoms with Gasteiger partial charge in [0.1, 0.15) is 0 Å². The maximum absolute atomic E-state index is 12.0. The topological polar surface area (TPSA) is 61.8 Å². The quantitative estimate of drug-likeness (QED) is 0.357. The third-order valence-corrected chi connectivity index (χ3v) is 3.82. The Morgan fingerprint density at radius 1 is 1.07 bits per heavy atom. The number of halogens is 1. The van der Waals surface area contributed by atoms with E-state index in [4.69, 9.17) is 25.8 Å². The van der Waals surface area contributed by atoms with Crippen LogP contribution in [0.1, 0.15) is 29.3 Å². The second-order valence-electron chi connectivity index (χ2n) is 5.63. The standard InChI is InChI=1S/C21H21ClO5/c1-3-12-26-19-10-4-15(13-20(19)25-2)5-11-21(24)27-14-18(23)16-6-8-17(22)9-7-16/h4-11,13H,3,12,14H2,1-2H3/b11-5+. The lowest BCUT2D eigenvalue weighted by Crippen LogP contribution is -2.12. The molecule has 0 aliphatic rings. The molecule has 0 saturated carbocycles. The minimum atomic E-state index is -0.609. The predicted octanol–water partition coefficient (Wildman–Crippen LogP) is 4.58. The smallest absolute Gasteiger partial charge is 0.331 e. The lowest BCUT2D eigenvalue weighted by atomic mass is 10.1. The largest absolute Gasteiger partial charge is 0.493 e. The van der Waals surface area contributed by atoms with Gasteiger partial charge in [-0.25, -0.2) is 4.79 Å². The van der Waals surface area contributed by atoms with E-state index in [9.17, 15) is 9.59 Å². The highest BCUT2D eigenvalue weighted by Crippen LogP contribution is 2.28. The molecule has 0 unspecified atom stereocenters. The van der Waals surface area contributed by atoms with Crippen molar-refractivity contribution in [1.29, 1.82) is 0 Å². The zero-order valence-electron chi connectivity index (χ0n) is 15.2. The molecule has 6 heteroatoms. The Bertz CT molecular complexity index is 812. The van der Waals surface area contributed by atoms with Gasteiger partial charge >= 0.3 is 5.97 Å². The summed E-state index contributed by atoms with van der Waals surface area (Å²) in [7, 11) is 1.55. The maximum atomic E-state index is 12.0. The van der Waals surface area contributed by atoms with E-state index in [2.05, 4.69) is 0 Å². The number of hydrogen-bond acceptors (Lipinski definition) is 5. The van der Waals surface area contributed by atoms with Crippen molar-refractivity contribution < 1.29 is 23.8 Å². The molecule has 5 nitrogen and oxygen atoms in total. The van der Waals surface area contributed by atoms with Crippen LogP contribution in [0, 0.1) is 0 Å². The molecule has 2 aromatic carbocycles. The summed E-state index contributed by atoms with van der Waals surface area (Å²) in [5.74, 6) is 0.319. The summed E-state index contributed by atoms with van der Waals surface area (Å²) < 4.78 is 15.9. The number of Topliss-reactive ketones (excluding diaryl/α,β-unsaturated/α-hetero) is 1. The molecule has 0 N–H and O–H groups in total. The number of methoxy groups -OCH3 is 1. The van der Waals surface area contributed by atoms with Crippen LogP contribution in [0.2, 0.25) is 5.02 Å². The summed E-state index contributed by atoms with van der Waals surface area (Å²) in [5.41, 5.74) is 1.18. The first-order valence-electron chi connectivity index (χ1n) is 8.48. The summed E-state index contributed by atoms with van der Waals surface area (Å²) in [6, 6.07) is 11.7. The number of esters is 1.